The van der Waals surface area contributed by atoms with Gasteiger partial charge in [-0.2, -0.15) is 0 Å². The maximum absolute atomic E-state index is 9.91. The molecule has 4 nitrogen and oxygen atoms in total. The van der Waals surface area contributed by atoms with Crippen molar-refractivity contribution in [3.8, 4) is 11.5 Å². The molecule has 0 spiro atoms. The van der Waals surface area contributed by atoms with Crippen LogP contribution >= 0.6 is 23.8 Å². The van der Waals surface area contributed by atoms with Gasteiger partial charge < -0.3 is 20.4 Å². The summed E-state index contributed by atoms with van der Waals surface area (Å²) in [6, 6.07) is 11.0. The van der Waals surface area contributed by atoms with E-state index < -0.39 is 0 Å². The summed E-state index contributed by atoms with van der Waals surface area (Å²) in [5.41, 5.74) is 2.90. The van der Waals surface area contributed by atoms with Gasteiger partial charge in [0, 0.05) is 30.2 Å². The fourth-order valence-corrected chi connectivity index (χ4v) is 3.04. The summed E-state index contributed by atoms with van der Waals surface area (Å²) in [5.74, 6) is -0.0807. The maximum Gasteiger partial charge on any atom is 0.169 e. The number of nitrogens with one attached hydrogen (secondary N) is 1. The van der Waals surface area contributed by atoms with Gasteiger partial charge in [-0.15, -0.1) is 0 Å². The van der Waals surface area contributed by atoms with E-state index in [4.69, 9.17) is 23.8 Å². The van der Waals surface area contributed by atoms with Crippen molar-refractivity contribution in [3.05, 3.63) is 58.1 Å². The second kappa shape index (κ2) is 6.64. The molecule has 3 rings (SSSR count). The molecule has 0 amide bonds. The number of fused-ring (bicyclic) bond motifs is 1. The lowest BCUT2D eigenvalue weighted by Gasteiger charge is -2.31. The first-order chi connectivity index (χ1) is 11.0. The van der Waals surface area contributed by atoms with Gasteiger partial charge in [-0.05, 0) is 48.0 Å². The number of phenolic OH excluding ortho intramolecular Hbond substituents is 2. The van der Waals surface area contributed by atoms with Crippen LogP contribution in [0.3, 0.4) is 0 Å². The first-order valence-corrected chi connectivity index (χ1v) is 8.13. The lowest BCUT2D eigenvalue weighted by molar-refractivity contribution is 0.362. The Bertz CT molecular complexity index is 734. The van der Waals surface area contributed by atoms with Crippen molar-refractivity contribution in [2.24, 2.45) is 0 Å². The van der Waals surface area contributed by atoms with E-state index in [1.165, 1.54) is 6.07 Å². The zero-order valence-corrected chi connectivity index (χ0v) is 14.0. The van der Waals surface area contributed by atoms with Gasteiger partial charge in [0.25, 0.3) is 0 Å². The molecule has 120 valence electrons. The Balaban J connectivity index is 1.63. The monoisotopic (exact) mass is 348 g/mol. The van der Waals surface area contributed by atoms with Gasteiger partial charge in [0.05, 0.1) is 0 Å². The van der Waals surface area contributed by atoms with Crippen molar-refractivity contribution in [2.45, 2.75) is 19.5 Å². The Hall–Kier alpha value is -1.98. The van der Waals surface area contributed by atoms with Crippen LogP contribution < -0.4 is 5.32 Å². The highest BCUT2D eigenvalue weighted by Crippen LogP contribution is 2.34. The number of hydrogen-bond donors (Lipinski definition) is 3. The molecule has 1 heterocycles. The molecule has 0 atom stereocenters. The van der Waals surface area contributed by atoms with Crippen molar-refractivity contribution >= 4 is 28.9 Å². The summed E-state index contributed by atoms with van der Waals surface area (Å²) in [7, 11) is 0. The number of phenols is 2. The van der Waals surface area contributed by atoms with Gasteiger partial charge in [-0.3, -0.25) is 0 Å². The van der Waals surface area contributed by atoms with E-state index >= 15 is 0 Å². The molecular formula is C17H17ClN2O2S. The Kier molecular flexibility index (Phi) is 4.59. The van der Waals surface area contributed by atoms with Crippen LogP contribution in [0.1, 0.15) is 16.7 Å². The molecule has 1 aliphatic heterocycles. The van der Waals surface area contributed by atoms with Crippen LogP contribution in [0.25, 0.3) is 0 Å². The molecule has 0 unspecified atom stereocenters. The summed E-state index contributed by atoms with van der Waals surface area (Å²) in [4.78, 5) is 2.06. The summed E-state index contributed by atoms with van der Waals surface area (Å²) in [6.07, 6.45) is 0.651. The Morgan fingerprint density at radius 3 is 2.65 bits per heavy atom. The molecule has 0 radical (unpaired) electrons. The minimum atomic E-state index is -0.0689. The van der Waals surface area contributed by atoms with Crippen molar-refractivity contribution in [3.63, 3.8) is 0 Å². The van der Waals surface area contributed by atoms with Crippen LogP contribution in [0.5, 0.6) is 11.5 Å². The maximum atomic E-state index is 9.91. The number of benzene rings is 2. The van der Waals surface area contributed by atoms with Gasteiger partial charge in [0.15, 0.2) is 16.6 Å². The van der Waals surface area contributed by atoms with E-state index in [2.05, 4.69) is 10.2 Å². The summed E-state index contributed by atoms with van der Waals surface area (Å²) < 4.78 is 0. The second-order valence-corrected chi connectivity index (χ2v) is 6.35. The van der Waals surface area contributed by atoms with Crippen LogP contribution in [-0.4, -0.2) is 26.8 Å². The molecule has 0 saturated heterocycles. The first-order valence-electron chi connectivity index (χ1n) is 7.34. The molecule has 6 heteroatoms. The quantitative estimate of drug-likeness (QED) is 0.575. The third-order valence-electron chi connectivity index (χ3n) is 4.00. The first kappa shape index (κ1) is 15.9. The molecule has 23 heavy (non-hydrogen) atoms. The lowest BCUT2D eigenvalue weighted by Crippen LogP contribution is -2.42. The smallest absolute Gasteiger partial charge is 0.169 e. The topological polar surface area (TPSA) is 55.7 Å². The summed E-state index contributed by atoms with van der Waals surface area (Å²) in [6.45, 7) is 1.96. The predicted molar refractivity (Wildman–Crippen MR) is 94.8 cm³/mol. The SMILES string of the molecule is Oc1ccc2c(c1O)CCN(C(=S)NCc1ccc(Cl)cc1)C2. The molecule has 0 fully saturated rings. The number of hydrogen-bond acceptors (Lipinski definition) is 3. The second-order valence-electron chi connectivity index (χ2n) is 5.53. The van der Waals surface area contributed by atoms with E-state index in [0.29, 0.717) is 36.2 Å². The fraction of sp³-hybridized carbons (Fsp3) is 0.235. The number of aromatic hydroxyl groups is 2. The number of nitrogens with zero attached hydrogens (tertiary/aromatic N) is 1. The number of rotatable bonds is 2. The molecule has 3 N–H and O–H groups in total. The van der Waals surface area contributed by atoms with E-state index in [9.17, 15) is 10.2 Å². The lowest BCUT2D eigenvalue weighted by atomic mass is 9.98. The highest BCUT2D eigenvalue weighted by molar-refractivity contribution is 7.80. The number of halogens is 1. The Labute approximate surface area is 145 Å². The average Bonchev–Trinajstić information content (AvgIpc) is 2.57. The molecular weight excluding hydrogens is 332 g/mol. The largest absolute Gasteiger partial charge is 0.504 e. The van der Waals surface area contributed by atoms with E-state index in [1.54, 1.807) is 0 Å². The van der Waals surface area contributed by atoms with Gasteiger partial charge in [-0.1, -0.05) is 29.8 Å². The molecule has 2 aromatic rings. The average molecular weight is 349 g/mol. The zero-order valence-electron chi connectivity index (χ0n) is 12.4. The molecule has 0 aliphatic carbocycles. The number of thiocarbonyl (C=S) groups is 1. The molecule has 0 aromatic heterocycles. The van der Waals surface area contributed by atoms with Crippen molar-refractivity contribution < 1.29 is 10.2 Å². The highest BCUT2D eigenvalue weighted by Gasteiger charge is 2.22. The van der Waals surface area contributed by atoms with E-state index in [1.807, 2.05) is 30.3 Å². The minimum Gasteiger partial charge on any atom is -0.504 e. The summed E-state index contributed by atoms with van der Waals surface area (Å²) >= 11 is 11.3. The van der Waals surface area contributed by atoms with Crippen molar-refractivity contribution in [1.29, 1.82) is 0 Å². The van der Waals surface area contributed by atoms with Gasteiger partial charge in [0.2, 0.25) is 0 Å². The van der Waals surface area contributed by atoms with E-state index in [-0.39, 0.29) is 11.5 Å². The minimum absolute atomic E-state index is 0.0119. The molecule has 1 aliphatic rings. The van der Waals surface area contributed by atoms with Crippen molar-refractivity contribution in [1.82, 2.24) is 10.2 Å². The third kappa shape index (κ3) is 3.51. The molecule has 0 bridgehead atoms. The zero-order chi connectivity index (χ0) is 16.4. The normalized spacial score (nSPS) is 13.5. The van der Waals surface area contributed by atoms with Crippen LogP contribution in [0.2, 0.25) is 5.02 Å². The van der Waals surface area contributed by atoms with Crippen molar-refractivity contribution in [2.75, 3.05) is 6.54 Å². The van der Waals surface area contributed by atoms with Crippen LogP contribution in [0.15, 0.2) is 36.4 Å². The van der Waals surface area contributed by atoms with E-state index in [0.717, 1.165) is 16.7 Å². The van der Waals surface area contributed by atoms with Crippen LogP contribution in [0.4, 0.5) is 0 Å². The summed E-state index contributed by atoms with van der Waals surface area (Å²) in [5, 5.41) is 24.1. The van der Waals surface area contributed by atoms with Crippen LogP contribution in [-0.2, 0) is 19.5 Å². The Morgan fingerprint density at radius 2 is 1.91 bits per heavy atom. The third-order valence-corrected chi connectivity index (χ3v) is 4.65. The highest BCUT2D eigenvalue weighted by atomic mass is 35.5. The molecule has 2 aromatic carbocycles. The Morgan fingerprint density at radius 1 is 1.17 bits per heavy atom. The predicted octanol–water partition coefficient (Wildman–Crippen LogP) is 3.18. The van der Waals surface area contributed by atoms with Gasteiger partial charge in [-0.25, -0.2) is 0 Å². The fourth-order valence-electron chi connectivity index (χ4n) is 2.69. The standard InChI is InChI=1S/C17H17ClN2O2S/c18-13-4-1-11(2-5-13)9-19-17(23)20-8-7-14-12(10-20)3-6-15(21)16(14)22/h1-6,21-22H,7-10H2,(H,19,23). The molecule has 0 saturated carbocycles. The van der Waals surface area contributed by atoms with Gasteiger partial charge >= 0.3 is 0 Å². The van der Waals surface area contributed by atoms with Crippen LogP contribution in [0, 0.1) is 0 Å². The van der Waals surface area contributed by atoms with Gasteiger partial charge in [0.1, 0.15) is 0 Å².